The van der Waals surface area contributed by atoms with Gasteiger partial charge in [0.15, 0.2) is 5.82 Å². The second-order valence-corrected chi connectivity index (χ2v) is 38.2. The molecule has 1 aliphatic carbocycles. The third kappa shape index (κ3) is 10.2. The molecule has 12 nitrogen and oxygen atoms in total. The summed E-state index contributed by atoms with van der Waals surface area (Å²) in [6.45, 7) is 0. The van der Waals surface area contributed by atoms with Crippen LogP contribution in [0.1, 0.15) is 0 Å². The molecule has 0 spiro atoms. The van der Waals surface area contributed by atoms with Gasteiger partial charge in [-0.15, -0.1) is 0 Å². The second kappa shape index (κ2) is 28.2. The van der Waals surface area contributed by atoms with Crippen molar-refractivity contribution in [3.05, 3.63) is 437 Å². The highest BCUT2D eigenvalue weighted by Crippen LogP contribution is 2.55. The predicted molar refractivity (Wildman–Crippen MR) is 591 cm³/mol. The Labute approximate surface area is 806 Å². The maximum atomic E-state index is 5.43. The Hall–Kier alpha value is -19.3. The van der Waals surface area contributed by atoms with Gasteiger partial charge in [0.25, 0.3) is 0 Å². The van der Waals surface area contributed by atoms with E-state index in [1.807, 2.05) is 18.3 Å². The van der Waals surface area contributed by atoms with Crippen molar-refractivity contribution < 1.29 is 0 Å². The fourth-order valence-electron chi connectivity index (χ4n) is 25.2. The van der Waals surface area contributed by atoms with Gasteiger partial charge in [-0.05, 0) is 176 Å². The van der Waals surface area contributed by atoms with Gasteiger partial charge in [0, 0.05) is 142 Å². The highest BCUT2D eigenvalue weighted by molar-refractivity contribution is 6.42. The first-order chi connectivity index (χ1) is 70.5. The smallest absolute Gasteiger partial charge is 0.235 e. The maximum Gasteiger partial charge on any atom is 0.235 e. The topological polar surface area (TPSA) is 105 Å². The zero-order valence-corrected chi connectivity index (χ0v) is 75.9. The standard InChI is InChI=1S/C52H30N4.C42H22N4.C36H20N4/c1-2-13-34-29-35(22-21-31(34)11-1)50-39-16-5-8-18-42(39)53-52(54-50)33-23-26-36(27-24-33)55-45-28-25-32-12-3-4-14-37(32)47(45)49-46(55)30-41-38-15-6-9-19-43(38)56-44-20-10-7-17-40(44)48(49)51(41)56;1-2-11-24-23(10-1)20-21-34-37(24)39-35(22-30-26-13-5-7-18-32(26)45-33-19-8-6-15-29(33)38(39)41(30)45)46(34)42-43-31-17-9-16-27-25-12-3-4-14-28(25)40(44-42)36(27)31;1-3-11-23-21(9-1)17-18-30-32(23)34-31(40(30)36-37-20-22-10-2-6-14-27(22)38-36)19-26-24-12-4-7-15-28(24)39-29-16-8-5-13-25(29)33(34)35(26)39/h1-30H;1-22H;1-20H. The van der Waals surface area contributed by atoms with Crippen LogP contribution in [0.25, 0.3) is 318 Å². The Bertz CT molecular complexity index is 11600. The molecule has 0 radical (unpaired) electrons. The average molecular weight is 1800 g/mol. The lowest BCUT2D eigenvalue weighted by molar-refractivity contribution is 1.01. The Balaban J connectivity index is 0.0000000954. The molecular formula is C130H72N12. The van der Waals surface area contributed by atoms with Crippen molar-refractivity contribution in [2.45, 2.75) is 0 Å². The van der Waals surface area contributed by atoms with Gasteiger partial charge in [-0.1, -0.05) is 309 Å². The minimum absolute atomic E-state index is 0.690. The van der Waals surface area contributed by atoms with Gasteiger partial charge in [0.05, 0.1) is 111 Å². The summed E-state index contributed by atoms with van der Waals surface area (Å²) < 4.78 is 14.5. The predicted octanol–water partition coefficient (Wildman–Crippen LogP) is 33.2. The van der Waals surface area contributed by atoms with Crippen molar-refractivity contribution >= 4 is 256 Å². The van der Waals surface area contributed by atoms with Crippen LogP contribution in [0.4, 0.5) is 0 Å². The third-order valence-electron chi connectivity index (χ3n) is 31.0. The summed E-state index contributed by atoms with van der Waals surface area (Å²) in [6, 6.07) is 155. The van der Waals surface area contributed by atoms with Gasteiger partial charge in [-0.3, -0.25) is 9.13 Å². The van der Waals surface area contributed by atoms with Crippen molar-refractivity contribution in [1.82, 2.24) is 56.8 Å². The van der Waals surface area contributed by atoms with E-state index in [4.69, 9.17) is 29.9 Å². The molecule has 0 aliphatic heterocycles. The average Bonchev–Trinajstić information content (AvgIpc) is 1.51. The Morgan fingerprint density at radius 3 is 1.06 bits per heavy atom. The van der Waals surface area contributed by atoms with E-state index in [1.54, 1.807) is 0 Å². The number of fused-ring (bicyclic) bond motifs is 42. The van der Waals surface area contributed by atoms with E-state index in [1.165, 1.54) is 217 Å². The lowest BCUT2D eigenvalue weighted by atomic mass is 9.99. The maximum absolute atomic E-state index is 5.43. The largest absolute Gasteiger partial charge is 0.309 e. The molecule has 0 amide bonds. The molecule has 12 heteroatoms. The molecule has 142 heavy (non-hydrogen) atoms. The van der Waals surface area contributed by atoms with Crippen molar-refractivity contribution in [2.75, 3.05) is 0 Å². The van der Waals surface area contributed by atoms with Gasteiger partial charge in [-0.2, -0.15) is 0 Å². The summed E-state index contributed by atoms with van der Waals surface area (Å²) in [4.78, 5) is 31.1. The number of aromatic nitrogens is 12. The van der Waals surface area contributed by atoms with Gasteiger partial charge in [-0.25, -0.2) is 29.9 Å². The SMILES string of the molecule is c1ccc2c(c1)-c1cccc3nc(-n4c5ccc6ccccc6c5c5c6c7ccccc7n7c8ccccc8c(cc54)c67)nc-2c13.c1ccc2cc(-c3nc(-c4ccc(-n5c6ccc7ccccc7c6c6c7c8ccccc8n8c9ccccc9c(cc65)c78)cc4)nc4ccccc34)ccc2c1.c1ccc2nc(-n3c4ccc5ccccc5c4c4c5c6ccccc6n6c7ccccc7c(cc43)c56)ncc2c1. The number of hydrogen-bond donors (Lipinski definition) is 0. The van der Waals surface area contributed by atoms with Crippen molar-refractivity contribution in [3.8, 4) is 62.6 Å². The second-order valence-electron chi connectivity index (χ2n) is 38.2. The van der Waals surface area contributed by atoms with Crippen LogP contribution >= 0.6 is 0 Å². The molecule has 34 aromatic rings. The van der Waals surface area contributed by atoms with E-state index in [0.29, 0.717) is 17.7 Å². The number of benzene rings is 22. The minimum Gasteiger partial charge on any atom is -0.309 e. The molecule has 0 fully saturated rings. The fourth-order valence-corrected chi connectivity index (χ4v) is 25.2. The van der Waals surface area contributed by atoms with Crippen LogP contribution in [0.15, 0.2) is 437 Å². The normalized spacial score (nSPS) is 12.5. The van der Waals surface area contributed by atoms with Gasteiger partial charge in [0.2, 0.25) is 11.9 Å². The van der Waals surface area contributed by atoms with Gasteiger partial charge in [0.1, 0.15) is 0 Å². The van der Waals surface area contributed by atoms with Crippen molar-refractivity contribution in [1.29, 1.82) is 0 Å². The van der Waals surface area contributed by atoms with Crippen LogP contribution in [-0.2, 0) is 0 Å². The molecule has 35 rings (SSSR count). The first kappa shape index (κ1) is 75.9. The van der Waals surface area contributed by atoms with Crippen LogP contribution in [-0.4, -0.2) is 56.8 Å². The monoisotopic (exact) mass is 1800 g/mol. The number of rotatable bonds is 5. The zero-order valence-electron chi connectivity index (χ0n) is 75.9. The molecule has 12 aromatic heterocycles. The summed E-state index contributed by atoms with van der Waals surface area (Å²) in [5.74, 6) is 2.11. The van der Waals surface area contributed by atoms with E-state index in [-0.39, 0.29) is 0 Å². The molecule has 1 aliphatic rings. The molecule has 0 saturated carbocycles. The van der Waals surface area contributed by atoms with Gasteiger partial charge < -0.3 is 17.8 Å². The van der Waals surface area contributed by atoms with Crippen LogP contribution < -0.4 is 0 Å². The Kier molecular flexibility index (Phi) is 15.1. The molecule has 0 atom stereocenters. The lowest BCUT2D eigenvalue weighted by Crippen LogP contribution is -2.02. The molecule has 0 bridgehead atoms. The molecule has 0 unspecified atom stereocenters. The molecule has 652 valence electrons. The summed E-state index contributed by atoms with van der Waals surface area (Å²) in [5, 5.41) is 35.9. The van der Waals surface area contributed by atoms with E-state index in [9.17, 15) is 0 Å². The Morgan fingerprint density at radius 1 is 0.169 bits per heavy atom. The molecular weight excluding hydrogens is 1730 g/mol. The fraction of sp³-hybridized carbons (Fsp3) is 0. The van der Waals surface area contributed by atoms with E-state index < -0.39 is 0 Å². The summed E-state index contributed by atoms with van der Waals surface area (Å²) >= 11 is 0. The van der Waals surface area contributed by atoms with Crippen LogP contribution in [0.3, 0.4) is 0 Å². The summed E-state index contributed by atoms with van der Waals surface area (Å²) in [5.41, 5.74) is 29.7. The highest BCUT2D eigenvalue weighted by atomic mass is 15.2. The summed E-state index contributed by atoms with van der Waals surface area (Å²) in [7, 11) is 0. The van der Waals surface area contributed by atoms with Crippen molar-refractivity contribution in [2.24, 2.45) is 0 Å². The van der Waals surface area contributed by atoms with E-state index in [2.05, 4.69) is 445 Å². The lowest BCUT2D eigenvalue weighted by Gasteiger charge is -2.12. The molecule has 0 N–H and O–H groups in total. The number of para-hydroxylation sites is 8. The van der Waals surface area contributed by atoms with E-state index in [0.717, 1.165) is 83.0 Å². The first-order valence-electron chi connectivity index (χ1n) is 48.6. The first-order valence-corrected chi connectivity index (χ1v) is 48.6. The molecule has 0 saturated heterocycles. The Morgan fingerprint density at radius 2 is 0.542 bits per heavy atom. The van der Waals surface area contributed by atoms with Crippen LogP contribution in [0.5, 0.6) is 0 Å². The van der Waals surface area contributed by atoms with Crippen molar-refractivity contribution in [3.63, 3.8) is 0 Å². The molecule has 12 heterocycles. The van der Waals surface area contributed by atoms with E-state index >= 15 is 0 Å². The number of hydrogen-bond acceptors (Lipinski definition) is 6. The quantitative estimate of drug-likeness (QED) is 0.170. The zero-order chi connectivity index (χ0) is 92.1. The minimum atomic E-state index is 0.690. The van der Waals surface area contributed by atoms with Gasteiger partial charge >= 0.3 is 0 Å². The third-order valence-corrected chi connectivity index (χ3v) is 31.0. The molecule has 22 aromatic carbocycles. The van der Waals surface area contributed by atoms with Crippen LogP contribution in [0, 0.1) is 0 Å². The number of nitrogens with zero attached hydrogens (tertiary/aromatic N) is 12. The van der Waals surface area contributed by atoms with Crippen LogP contribution in [0.2, 0.25) is 0 Å². The summed E-state index contributed by atoms with van der Waals surface area (Å²) in [6.07, 6.45) is 1.94. The highest BCUT2D eigenvalue weighted by Gasteiger charge is 2.33.